The monoisotopic (exact) mass is 346 g/mol. The van der Waals surface area contributed by atoms with Crippen LogP contribution in [-0.2, 0) is 11.2 Å². The Labute approximate surface area is 151 Å². The van der Waals surface area contributed by atoms with Crippen LogP contribution in [0.15, 0.2) is 54.7 Å². The Bertz CT molecular complexity index is 1010. The number of amides is 1. The summed E-state index contributed by atoms with van der Waals surface area (Å²) < 4.78 is 0. The van der Waals surface area contributed by atoms with Crippen LogP contribution in [0.2, 0.25) is 0 Å². The molecule has 2 aromatic carbocycles. The van der Waals surface area contributed by atoms with Crippen molar-refractivity contribution in [1.29, 1.82) is 0 Å². The van der Waals surface area contributed by atoms with Crippen molar-refractivity contribution in [3.8, 4) is 0 Å². The molecule has 1 amide bonds. The first-order valence-corrected chi connectivity index (χ1v) is 9.00. The molecule has 0 aliphatic heterocycles. The summed E-state index contributed by atoms with van der Waals surface area (Å²) in [5.41, 5.74) is 4.31. The second-order valence-electron chi connectivity index (χ2n) is 6.64. The van der Waals surface area contributed by atoms with Gasteiger partial charge in [-0.1, -0.05) is 30.3 Å². The van der Waals surface area contributed by atoms with Crippen LogP contribution in [0.1, 0.15) is 37.2 Å². The van der Waals surface area contributed by atoms with E-state index < -0.39 is 0 Å². The number of aryl methyl sites for hydroxylation is 1. The van der Waals surface area contributed by atoms with Gasteiger partial charge in [-0.25, -0.2) is 4.98 Å². The van der Waals surface area contributed by atoms with E-state index in [0.29, 0.717) is 6.42 Å². The van der Waals surface area contributed by atoms with E-state index in [0.717, 1.165) is 35.2 Å². The zero-order chi connectivity index (χ0) is 17.9. The number of imidazole rings is 1. The van der Waals surface area contributed by atoms with Crippen LogP contribution in [-0.4, -0.2) is 20.9 Å². The molecule has 0 radical (unpaired) electrons. The number of nitrogens with zero attached hydrogens (tertiary/aromatic N) is 1. The van der Waals surface area contributed by atoms with Crippen LogP contribution >= 0.6 is 0 Å². The molecule has 0 bridgehead atoms. The number of para-hydroxylation sites is 3. The number of nitrogens with one attached hydrogen (secondary N) is 3. The van der Waals surface area contributed by atoms with Gasteiger partial charge >= 0.3 is 0 Å². The molecule has 0 aliphatic carbocycles. The normalized spacial score (nSPS) is 12.5. The van der Waals surface area contributed by atoms with Gasteiger partial charge in [-0.2, -0.15) is 0 Å². The van der Waals surface area contributed by atoms with Crippen LogP contribution in [0, 0.1) is 0 Å². The maximum Gasteiger partial charge on any atom is 0.220 e. The number of hydrogen-bond donors (Lipinski definition) is 3. The van der Waals surface area contributed by atoms with Gasteiger partial charge in [-0.3, -0.25) is 4.79 Å². The van der Waals surface area contributed by atoms with E-state index in [9.17, 15) is 4.79 Å². The van der Waals surface area contributed by atoms with Crippen molar-refractivity contribution in [2.75, 3.05) is 0 Å². The number of carbonyl (C=O) groups excluding carboxylic acids is 1. The van der Waals surface area contributed by atoms with Crippen molar-refractivity contribution in [2.45, 2.75) is 32.2 Å². The molecule has 0 saturated carbocycles. The fraction of sp³-hybridized carbons (Fsp3) is 0.238. The highest BCUT2D eigenvalue weighted by Gasteiger charge is 2.13. The molecule has 4 aromatic rings. The summed E-state index contributed by atoms with van der Waals surface area (Å²) in [6.07, 6.45) is 4.25. The van der Waals surface area contributed by atoms with Gasteiger partial charge in [0.05, 0.1) is 17.1 Å². The Morgan fingerprint density at radius 1 is 1.12 bits per heavy atom. The predicted molar refractivity (Wildman–Crippen MR) is 104 cm³/mol. The highest BCUT2D eigenvalue weighted by atomic mass is 16.1. The molecule has 0 spiro atoms. The number of rotatable bonds is 6. The molecule has 5 heteroatoms. The van der Waals surface area contributed by atoms with E-state index in [-0.39, 0.29) is 11.9 Å². The van der Waals surface area contributed by atoms with E-state index in [1.807, 2.05) is 49.5 Å². The number of carbonyl (C=O) groups is 1. The molecular weight excluding hydrogens is 324 g/mol. The molecular formula is C21H22N4O. The maximum absolute atomic E-state index is 12.3. The first-order chi connectivity index (χ1) is 12.7. The lowest BCUT2D eigenvalue weighted by Crippen LogP contribution is -2.27. The van der Waals surface area contributed by atoms with Gasteiger partial charge in [0.15, 0.2) is 0 Å². The molecule has 132 valence electrons. The van der Waals surface area contributed by atoms with Gasteiger partial charge in [0.2, 0.25) is 5.91 Å². The third-order valence-corrected chi connectivity index (χ3v) is 4.72. The highest BCUT2D eigenvalue weighted by molar-refractivity contribution is 5.83. The van der Waals surface area contributed by atoms with Crippen molar-refractivity contribution in [2.24, 2.45) is 0 Å². The molecule has 5 nitrogen and oxygen atoms in total. The largest absolute Gasteiger partial charge is 0.361 e. The van der Waals surface area contributed by atoms with Crippen molar-refractivity contribution < 1.29 is 4.79 Å². The molecule has 0 aliphatic rings. The van der Waals surface area contributed by atoms with Gasteiger partial charge in [0, 0.05) is 23.5 Å². The Kier molecular flexibility index (Phi) is 4.44. The van der Waals surface area contributed by atoms with Gasteiger partial charge in [0.1, 0.15) is 5.82 Å². The lowest BCUT2D eigenvalue weighted by atomic mass is 10.1. The molecule has 2 aromatic heterocycles. The van der Waals surface area contributed by atoms with E-state index in [1.54, 1.807) is 0 Å². The number of H-pyrrole nitrogens is 2. The second-order valence-corrected chi connectivity index (χ2v) is 6.64. The molecule has 0 fully saturated rings. The molecule has 1 unspecified atom stereocenters. The van der Waals surface area contributed by atoms with Crippen molar-refractivity contribution in [3.05, 3.63) is 66.1 Å². The third-order valence-electron chi connectivity index (χ3n) is 4.72. The summed E-state index contributed by atoms with van der Waals surface area (Å²) in [7, 11) is 0. The van der Waals surface area contributed by atoms with E-state index in [4.69, 9.17) is 0 Å². The summed E-state index contributed by atoms with van der Waals surface area (Å²) >= 11 is 0. The first-order valence-electron chi connectivity index (χ1n) is 9.00. The topological polar surface area (TPSA) is 73.6 Å². The molecule has 3 N–H and O–H groups in total. The number of aromatic amines is 2. The number of benzene rings is 2. The number of fused-ring (bicyclic) bond motifs is 2. The summed E-state index contributed by atoms with van der Waals surface area (Å²) in [5.74, 6) is 0.842. The van der Waals surface area contributed by atoms with Crippen LogP contribution < -0.4 is 5.32 Å². The minimum atomic E-state index is -0.136. The van der Waals surface area contributed by atoms with Gasteiger partial charge in [-0.15, -0.1) is 0 Å². The SMILES string of the molecule is CC(NC(=O)CCCc1c[nH]c2ccccc12)c1nc2ccccc2[nH]1. The van der Waals surface area contributed by atoms with Gasteiger partial charge < -0.3 is 15.3 Å². The van der Waals surface area contributed by atoms with Gasteiger partial charge in [0.25, 0.3) is 0 Å². The van der Waals surface area contributed by atoms with E-state index in [2.05, 4.69) is 32.4 Å². The average Bonchev–Trinajstić information content (AvgIpc) is 3.26. The number of hydrogen-bond acceptors (Lipinski definition) is 2. The average molecular weight is 346 g/mol. The van der Waals surface area contributed by atoms with E-state index >= 15 is 0 Å². The standard InChI is InChI=1S/C21H22N4O/c1-14(21-24-18-10-4-5-11-19(18)25-21)23-20(26)12-6-7-15-13-22-17-9-3-2-8-16(15)17/h2-5,8-11,13-14,22H,6-7,12H2,1H3,(H,23,26)(H,24,25). The summed E-state index contributed by atoms with van der Waals surface area (Å²) in [4.78, 5) is 23.4. The van der Waals surface area contributed by atoms with Crippen LogP contribution in [0.3, 0.4) is 0 Å². The van der Waals surface area contributed by atoms with E-state index in [1.165, 1.54) is 10.9 Å². The minimum Gasteiger partial charge on any atom is -0.361 e. The molecule has 0 saturated heterocycles. The Morgan fingerprint density at radius 2 is 1.88 bits per heavy atom. The lowest BCUT2D eigenvalue weighted by Gasteiger charge is -2.11. The zero-order valence-corrected chi connectivity index (χ0v) is 14.8. The molecule has 2 heterocycles. The molecule has 26 heavy (non-hydrogen) atoms. The molecule has 4 rings (SSSR count). The Morgan fingerprint density at radius 3 is 2.73 bits per heavy atom. The van der Waals surface area contributed by atoms with Crippen LogP contribution in [0.4, 0.5) is 0 Å². The molecule has 1 atom stereocenters. The summed E-state index contributed by atoms with van der Waals surface area (Å²) in [5, 5.41) is 4.27. The van der Waals surface area contributed by atoms with Crippen molar-refractivity contribution in [3.63, 3.8) is 0 Å². The smallest absolute Gasteiger partial charge is 0.220 e. The summed E-state index contributed by atoms with van der Waals surface area (Å²) in [6, 6.07) is 16.0. The van der Waals surface area contributed by atoms with Crippen molar-refractivity contribution in [1.82, 2.24) is 20.3 Å². The lowest BCUT2D eigenvalue weighted by molar-refractivity contribution is -0.121. The third kappa shape index (κ3) is 3.33. The Balaban J connectivity index is 1.32. The van der Waals surface area contributed by atoms with Crippen LogP contribution in [0.25, 0.3) is 21.9 Å². The summed E-state index contributed by atoms with van der Waals surface area (Å²) in [6.45, 7) is 1.95. The minimum absolute atomic E-state index is 0.0535. The van der Waals surface area contributed by atoms with Crippen molar-refractivity contribution >= 4 is 27.8 Å². The highest BCUT2D eigenvalue weighted by Crippen LogP contribution is 2.20. The predicted octanol–water partition coefficient (Wildman–Crippen LogP) is 4.24. The second kappa shape index (κ2) is 7.04. The van der Waals surface area contributed by atoms with Gasteiger partial charge in [-0.05, 0) is 43.5 Å². The first kappa shape index (κ1) is 16.4. The fourth-order valence-corrected chi connectivity index (χ4v) is 3.34. The maximum atomic E-state index is 12.3. The zero-order valence-electron chi connectivity index (χ0n) is 14.8. The fourth-order valence-electron chi connectivity index (χ4n) is 3.34. The Hall–Kier alpha value is -3.08. The number of aromatic nitrogens is 3. The quantitative estimate of drug-likeness (QED) is 0.488. The van der Waals surface area contributed by atoms with Crippen LogP contribution in [0.5, 0.6) is 0 Å².